The molecule has 5 nitrogen and oxygen atoms in total. The third kappa shape index (κ3) is 3.42. The van der Waals surface area contributed by atoms with Crippen LogP contribution >= 0.6 is 0 Å². The third-order valence-electron chi connectivity index (χ3n) is 2.91. The van der Waals surface area contributed by atoms with Crippen molar-refractivity contribution in [3.8, 4) is 0 Å². The van der Waals surface area contributed by atoms with Crippen molar-refractivity contribution in [2.75, 3.05) is 6.54 Å². The van der Waals surface area contributed by atoms with Crippen molar-refractivity contribution in [1.82, 2.24) is 10.3 Å². The summed E-state index contributed by atoms with van der Waals surface area (Å²) in [6.45, 7) is 5.48. The number of aromatic nitrogens is 1. The maximum Gasteiger partial charge on any atom is 0.260 e. The summed E-state index contributed by atoms with van der Waals surface area (Å²) in [5, 5.41) is 12.5. The molecular formula is C12H18N2O3. The van der Waals surface area contributed by atoms with Crippen LogP contribution in [0.2, 0.25) is 0 Å². The van der Waals surface area contributed by atoms with Crippen LogP contribution in [0.3, 0.4) is 0 Å². The summed E-state index contributed by atoms with van der Waals surface area (Å²) < 4.78 is 0. The van der Waals surface area contributed by atoms with Gasteiger partial charge in [0.2, 0.25) is 0 Å². The minimum Gasteiger partial charge on any atom is -0.388 e. The average Bonchev–Trinajstić information content (AvgIpc) is 2.26. The van der Waals surface area contributed by atoms with E-state index >= 15 is 0 Å². The first kappa shape index (κ1) is 13.4. The summed E-state index contributed by atoms with van der Waals surface area (Å²) in [5.41, 5.74) is -1.38. The van der Waals surface area contributed by atoms with Crippen molar-refractivity contribution in [3.63, 3.8) is 0 Å². The summed E-state index contributed by atoms with van der Waals surface area (Å²) in [5.74, 6) is -0.468. The van der Waals surface area contributed by atoms with Crippen LogP contribution in [0.5, 0.6) is 0 Å². The first-order valence-corrected chi connectivity index (χ1v) is 5.53. The van der Waals surface area contributed by atoms with Gasteiger partial charge in [-0.2, -0.15) is 0 Å². The lowest BCUT2D eigenvalue weighted by atomic mass is 9.92. The van der Waals surface area contributed by atoms with E-state index in [0.29, 0.717) is 0 Å². The number of carbonyl (C=O) groups excluding carboxylic acids is 1. The second-order valence-corrected chi connectivity index (χ2v) is 4.61. The number of aromatic amines is 1. The van der Waals surface area contributed by atoms with E-state index in [-0.39, 0.29) is 18.0 Å². The molecule has 0 spiro atoms. The van der Waals surface area contributed by atoms with Crippen LogP contribution < -0.4 is 10.9 Å². The second kappa shape index (κ2) is 5.14. The molecule has 1 aromatic heterocycles. The van der Waals surface area contributed by atoms with Crippen molar-refractivity contribution in [3.05, 3.63) is 34.2 Å². The fraction of sp³-hybridized carbons (Fsp3) is 0.500. The molecule has 5 heteroatoms. The SMILES string of the molecule is CC(C)C(C)(O)CNC(=O)c1ccc[nH]c1=O. The maximum atomic E-state index is 11.7. The highest BCUT2D eigenvalue weighted by Gasteiger charge is 2.25. The van der Waals surface area contributed by atoms with Crippen LogP contribution in [0.25, 0.3) is 0 Å². The van der Waals surface area contributed by atoms with Crippen LogP contribution in [0, 0.1) is 5.92 Å². The Hall–Kier alpha value is -1.62. The average molecular weight is 238 g/mol. The number of hydrogen-bond acceptors (Lipinski definition) is 3. The number of nitrogens with one attached hydrogen (secondary N) is 2. The van der Waals surface area contributed by atoms with Gasteiger partial charge < -0.3 is 15.4 Å². The van der Waals surface area contributed by atoms with Crippen molar-refractivity contribution in [1.29, 1.82) is 0 Å². The fourth-order valence-corrected chi connectivity index (χ4v) is 1.16. The van der Waals surface area contributed by atoms with Gasteiger partial charge in [-0.05, 0) is 25.0 Å². The minimum absolute atomic E-state index is 0.0110. The predicted molar refractivity (Wildman–Crippen MR) is 64.9 cm³/mol. The van der Waals surface area contributed by atoms with Gasteiger partial charge in [0, 0.05) is 12.7 Å². The molecule has 1 rings (SSSR count). The second-order valence-electron chi connectivity index (χ2n) is 4.61. The van der Waals surface area contributed by atoms with E-state index in [2.05, 4.69) is 10.3 Å². The van der Waals surface area contributed by atoms with E-state index in [9.17, 15) is 14.7 Å². The zero-order valence-electron chi connectivity index (χ0n) is 10.3. The summed E-state index contributed by atoms with van der Waals surface area (Å²) in [7, 11) is 0. The Balaban J connectivity index is 2.69. The lowest BCUT2D eigenvalue weighted by molar-refractivity contribution is 0.0142. The molecule has 0 saturated carbocycles. The zero-order chi connectivity index (χ0) is 13.1. The van der Waals surface area contributed by atoms with Gasteiger partial charge >= 0.3 is 0 Å². The molecule has 0 aliphatic heterocycles. The van der Waals surface area contributed by atoms with Crippen LogP contribution in [-0.2, 0) is 0 Å². The Kier molecular flexibility index (Phi) is 4.07. The number of hydrogen-bond donors (Lipinski definition) is 3. The molecule has 1 atom stereocenters. The van der Waals surface area contributed by atoms with E-state index in [1.54, 1.807) is 13.0 Å². The number of pyridine rings is 1. The Morgan fingerprint density at radius 3 is 2.76 bits per heavy atom. The molecule has 1 amide bonds. The summed E-state index contributed by atoms with van der Waals surface area (Å²) in [6, 6.07) is 3.02. The van der Waals surface area contributed by atoms with Crippen molar-refractivity contribution < 1.29 is 9.90 Å². The van der Waals surface area contributed by atoms with E-state index < -0.39 is 17.1 Å². The van der Waals surface area contributed by atoms with E-state index in [1.165, 1.54) is 12.3 Å². The topological polar surface area (TPSA) is 82.2 Å². The smallest absolute Gasteiger partial charge is 0.260 e. The molecule has 0 fully saturated rings. The van der Waals surface area contributed by atoms with Gasteiger partial charge in [0.15, 0.2) is 0 Å². The summed E-state index contributed by atoms with van der Waals surface area (Å²) in [4.78, 5) is 25.5. The number of aliphatic hydroxyl groups is 1. The molecule has 1 unspecified atom stereocenters. The Morgan fingerprint density at radius 2 is 2.24 bits per heavy atom. The quantitative estimate of drug-likeness (QED) is 0.715. The standard InChI is InChI=1S/C12H18N2O3/c1-8(2)12(3,17)7-14-11(16)9-5-4-6-13-10(9)15/h4-6,8,17H,7H2,1-3H3,(H,13,15)(H,14,16). The molecule has 0 aliphatic carbocycles. The highest BCUT2D eigenvalue weighted by atomic mass is 16.3. The molecule has 0 aromatic carbocycles. The molecule has 17 heavy (non-hydrogen) atoms. The Morgan fingerprint density at radius 1 is 1.59 bits per heavy atom. The van der Waals surface area contributed by atoms with Gasteiger partial charge in [0.1, 0.15) is 5.56 Å². The molecule has 0 bridgehead atoms. The number of amides is 1. The molecule has 0 radical (unpaired) electrons. The van der Waals surface area contributed by atoms with Crippen molar-refractivity contribution >= 4 is 5.91 Å². The van der Waals surface area contributed by atoms with Gasteiger partial charge in [0.05, 0.1) is 5.60 Å². The van der Waals surface area contributed by atoms with Crippen LogP contribution in [0.1, 0.15) is 31.1 Å². The van der Waals surface area contributed by atoms with E-state index in [4.69, 9.17) is 0 Å². The zero-order valence-corrected chi connectivity index (χ0v) is 10.3. The first-order valence-electron chi connectivity index (χ1n) is 5.53. The van der Waals surface area contributed by atoms with E-state index in [0.717, 1.165) is 0 Å². The normalized spacial score (nSPS) is 14.4. The van der Waals surface area contributed by atoms with E-state index in [1.807, 2.05) is 13.8 Å². The molecule has 0 saturated heterocycles. The molecule has 1 aromatic rings. The molecule has 3 N–H and O–H groups in total. The number of H-pyrrole nitrogens is 1. The van der Waals surface area contributed by atoms with Gasteiger partial charge in [-0.1, -0.05) is 13.8 Å². The maximum absolute atomic E-state index is 11.7. The fourth-order valence-electron chi connectivity index (χ4n) is 1.16. The largest absolute Gasteiger partial charge is 0.388 e. The summed E-state index contributed by atoms with van der Waals surface area (Å²) >= 11 is 0. The molecule has 94 valence electrons. The van der Waals surface area contributed by atoms with Crippen LogP contribution in [0.15, 0.2) is 23.1 Å². The number of rotatable bonds is 4. The van der Waals surface area contributed by atoms with Gasteiger partial charge in [0.25, 0.3) is 11.5 Å². The van der Waals surface area contributed by atoms with Crippen LogP contribution in [0.4, 0.5) is 0 Å². The van der Waals surface area contributed by atoms with Gasteiger partial charge in [-0.25, -0.2) is 0 Å². The van der Waals surface area contributed by atoms with Crippen molar-refractivity contribution in [2.45, 2.75) is 26.4 Å². The van der Waals surface area contributed by atoms with Crippen LogP contribution in [-0.4, -0.2) is 28.1 Å². The Bertz CT molecular complexity index is 449. The molecule has 0 aliphatic rings. The van der Waals surface area contributed by atoms with Crippen molar-refractivity contribution in [2.24, 2.45) is 5.92 Å². The summed E-state index contributed by atoms with van der Waals surface area (Å²) in [6.07, 6.45) is 1.46. The third-order valence-corrected chi connectivity index (χ3v) is 2.91. The van der Waals surface area contributed by atoms with Gasteiger partial charge in [-0.15, -0.1) is 0 Å². The molecule has 1 heterocycles. The predicted octanol–water partition coefficient (Wildman–Crippen LogP) is 0.512. The lowest BCUT2D eigenvalue weighted by Gasteiger charge is -2.27. The van der Waals surface area contributed by atoms with Gasteiger partial charge in [-0.3, -0.25) is 9.59 Å². The lowest BCUT2D eigenvalue weighted by Crippen LogP contribution is -2.45. The molecular weight excluding hydrogens is 220 g/mol. The number of carbonyl (C=O) groups is 1. The Labute approximate surface area is 99.9 Å². The highest BCUT2D eigenvalue weighted by Crippen LogP contribution is 2.14. The first-order chi connectivity index (χ1) is 7.84. The monoisotopic (exact) mass is 238 g/mol. The minimum atomic E-state index is -0.989. The highest BCUT2D eigenvalue weighted by molar-refractivity contribution is 5.93.